The molecule has 0 aliphatic heterocycles. The summed E-state index contributed by atoms with van der Waals surface area (Å²) in [4.78, 5) is 22.4. The predicted molar refractivity (Wildman–Crippen MR) is 94.7 cm³/mol. The monoisotopic (exact) mass is 360 g/mol. The third kappa shape index (κ3) is 4.85. The number of methoxy groups -OCH3 is 2. The first-order valence-electron chi connectivity index (χ1n) is 7.83. The maximum atomic E-state index is 12.1. The van der Waals surface area contributed by atoms with E-state index in [9.17, 15) is 14.9 Å². The van der Waals surface area contributed by atoms with Crippen molar-refractivity contribution in [2.24, 2.45) is 0 Å². The van der Waals surface area contributed by atoms with Gasteiger partial charge in [0.05, 0.1) is 25.2 Å². The topological polar surface area (TPSA) is 99.9 Å². The zero-order valence-electron chi connectivity index (χ0n) is 14.7. The molecular weight excluding hydrogens is 340 g/mol. The van der Waals surface area contributed by atoms with Crippen LogP contribution in [0.2, 0.25) is 0 Å². The van der Waals surface area contributed by atoms with Crippen molar-refractivity contribution in [1.82, 2.24) is 5.32 Å². The lowest BCUT2D eigenvalue weighted by Crippen LogP contribution is -2.31. The molecule has 0 unspecified atom stereocenters. The van der Waals surface area contributed by atoms with Gasteiger partial charge in [0, 0.05) is 12.1 Å². The van der Waals surface area contributed by atoms with Crippen LogP contribution in [0.4, 0.5) is 5.69 Å². The zero-order chi connectivity index (χ0) is 19.1. The van der Waals surface area contributed by atoms with E-state index in [-0.39, 0.29) is 30.0 Å². The van der Waals surface area contributed by atoms with E-state index in [1.54, 1.807) is 7.11 Å². The van der Waals surface area contributed by atoms with Gasteiger partial charge in [0.2, 0.25) is 5.75 Å². The van der Waals surface area contributed by atoms with Gasteiger partial charge < -0.3 is 19.5 Å². The smallest absolute Gasteiger partial charge is 0.311 e. The molecule has 2 aromatic carbocycles. The van der Waals surface area contributed by atoms with Gasteiger partial charge in [-0.15, -0.1) is 0 Å². The van der Waals surface area contributed by atoms with E-state index in [4.69, 9.17) is 14.2 Å². The summed E-state index contributed by atoms with van der Waals surface area (Å²) in [5, 5.41) is 13.7. The highest BCUT2D eigenvalue weighted by atomic mass is 16.6. The van der Waals surface area contributed by atoms with Crippen LogP contribution < -0.4 is 19.5 Å². The van der Waals surface area contributed by atoms with E-state index < -0.39 is 4.92 Å². The van der Waals surface area contributed by atoms with Gasteiger partial charge in [-0.05, 0) is 30.7 Å². The molecule has 0 saturated carbocycles. The number of amides is 1. The number of carbonyl (C=O) groups excluding carboxylic acids is 1. The molecule has 2 rings (SSSR count). The van der Waals surface area contributed by atoms with Crippen molar-refractivity contribution in [3.63, 3.8) is 0 Å². The van der Waals surface area contributed by atoms with Crippen molar-refractivity contribution in [3.05, 3.63) is 58.1 Å². The van der Waals surface area contributed by atoms with Crippen LogP contribution in [0, 0.1) is 10.1 Å². The number of hydrogen-bond donors (Lipinski definition) is 1. The Morgan fingerprint density at radius 2 is 1.77 bits per heavy atom. The average Bonchev–Trinajstić information content (AvgIpc) is 2.65. The first-order chi connectivity index (χ1) is 12.4. The Morgan fingerprint density at radius 3 is 2.35 bits per heavy atom. The van der Waals surface area contributed by atoms with Crippen LogP contribution in [-0.2, 0) is 4.79 Å². The van der Waals surface area contributed by atoms with Crippen molar-refractivity contribution in [1.29, 1.82) is 0 Å². The Morgan fingerprint density at radius 1 is 1.12 bits per heavy atom. The fourth-order valence-corrected chi connectivity index (χ4v) is 2.31. The Kier molecular flexibility index (Phi) is 6.37. The quantitative estimate of drug-likeness (QED) is 0.574. The van der Waals surface area contributed by atoms with Crippen LogP contribution in [0.1, 0.15) is 18.5 Å². The minimum atomic E-state index is -0.550. The molecule has 1 N–H and O–H groups in total. The standard InChI is InChI=1S/C18H20N2O6/c1-12(13-4-6-14(24-2)7-5-13)19-18(21)11-26-15-8-9-16(20(22)23)17(10-15)25-3/h4-10,12H,11H2,1-3H3,(H,19,21)/t12-/m0/s1. The number of rotatable bonds is 8. The van der Waals surface area contributed by atoms with E-state index in [1.165, 1.54) is 25.3 Å². The highest BCUT2D eigenvalue weighted by Gasteiger charge is 2.16. The molecule has 0 spiro atoms. The fraction of sp³-hybridized carbons (Fsp3) is 0.278. The summed E-state index contributed by atoms with van der Waals surface area (Å²) in [5.41, 5.74) is 0.758. The average molecular weight is 360 g/mol. The van der Waals surface area contributed by atoms with Crippen LogP contribution in [0.3, 0.4) is 0 Å². The van der Waals surface area contributed by atoms with Gasteiger partial charge in [-0.25, -0.2) is 0 Å². The molecule has 0 fully saturated rings. The minimum Gasteiger partial charge on any atom is -0.497 e. The van der Waals surface area contributed by atoms with Crippen molar-refractivity contribution in [2.75, 3.05) is 20.8 Å². The molecule has 0 aliphatic rings. The van der Waals surface area contributed by atoms with E-state index in [1.807, 2.05) is 31.2 Å². The van der Waals surface area contributed by atoms with Gasteiger partial charge in [0.15, 0.2) is 6.61 Å². The van der Waals surface area contributed by atoms with Crippen LogP contribution in [0.25, 0.3) is 0 Å². The zero-order valence-corrected chi connectivity index (χ0v) is 14.7. The van der Waals surface area contributed by atoms with Crippen LogP contribution >= 0.6 is 0 Å². The number of benzene rings is 2. The van der Waals surface area contributed by atoms with Gasteiger partial charge in [-0.3, -0.25) is 14.9 Å². The summed E-state index contributed by atoms with van der Waals surface area (Å²) < 4.78 is 15.4. The first-order valence-corrected chi connectivity index (χ1v) is 7.83. The number of nitrogens with one attached hydrogen (secondary N) is 1. The highest BCUT2D eigenvalue weighted by molar-refractivity contribution is 5.78. The fourth-order valence-electron chi connectivity index (χ4n) is 2.31. The number of nitrogens with zero attached hydrogens (tertiary/aromatic N) is 1. The van der Waals surface area contributed by atoms with Crippen molar-refractivity contribution in [2.45, 2.75) is 13.0 Å². The summed E-state index contributed by atoms with van der Waals surface area (Å²) in [5.74, 6) is 0.799. The van der Waals surface area contributed by atoms with Gasteiger partial charge >= 0.3 is 5.69 Å². The number of nitro benzene ring substituents is 1. The molecule has 2 aromatic rings. The normalized spacial score (nSPS) is 11.3. The second kappa shape index (κ2) is 8.70. The third-order valence-electron chi connectivity index (χ3n) is 3.71. The van der Waals surface area contributed by atoms with Crippen LogP contribution in [0.15, 0.2) is 42.5 Å². The molecule has 138 valence electrons. The van der Waals surface area contributed by atoms with Crippen molar-refractivity contribution < 1.29 is 23.9 Å². The SMILES string of the molecule is COc1ccc([C@H](C)NC(=O)COc2ccc([N+](=O)[O-])c(OC)c2)cc1. The summed E-state index contributed by atoms with van der Waals surface area (Å²) in [7, 11) is 2.92. The second-order valence-corrected chi connectivity index (χ2v) is 5.44. The Hall–Kier alpha value is -3.29. The van der Waals surface area contributed by atoms with Gasteiger partial charge in [-0.2, -0.15) is 0 Å². The van der Waals surface area contributed by atoms with Crippen molar-refractivity contribution in [3.8, 4) is 17.2 Å². The summed E-state index contributed by atoms with van der Waals surface area (Å²) >= 11 is 0. The second-order valence-electron chi connectivity index (χ2n) is 5.44. The van der Waals surface area contributed by atoms with Gasteiger partial charge in [-0.1, -0.05) is 12.1 Å². The minimum absolute atomic E-state index is 0.0690. The number of nitro groups is 1. The highest BCUT2D eigenvalue weighted by Crippen LogP contribution is 2.30. The van der Waals surface area contributed by atoms with Crippen molar-refractivity contribution >= 4 is 11.6 Å². The molecule has 0 heterocycles. The Bertz CT molecular complexity index is 776. The summed E-state index contributed by atoms with van der Waals surface area (Å²) in [6, 6.07) is 11.2. The van der Waals surface area contributed by atoms with E-state index in [2.05, 4.69) is 5.32 Å². The van der Waals surface area contributed by atoms with E-state index >= 15 is 0 Å². The number of hydrogen-bond acceptors (Lipinski definition) is 6. The molecule has 8 heteroatoms. The largest absolute Gasteiger partial charge is 0.497 e. The Labute approximate surface area is 150 Å². The van der Waals surface area contributed by atoms with Gasteiger partial charge in [0.25, 0.3) is 5.91 Å². The summed E-state index contributed by atoms with van der Waals surface area (Å²) in [6.07, 6.45) is 0. The summed E-state index contributed by atoms with van der Waals surface area (Å²) in [6.45, 7) is 1.63. The molecule has 0 saturated heterocycles. The molecule has 0 aliphatic carbocycles. The lowest BCUT2D eigenvalue weighted by molar-refractivity contribution is -0.385. The lowest BCUT2D eigenvalue weighted by Gasteiger charge is -2.15. The van der Waals surface area contributed by atoms with Gasteiger partial charge in [0.1, 0.15) is 11.5 Å². The van der Waals surface area contributed by atoms with E-state index in [0.29, 0.717) is 5.75 Å². The maximum Gasteiger partial charge on any atom is 0.311 e. The molecular formula is C18H20N2O6. The van der Waals surface area contributed by atoms with Crippen LogP contribution in [-0.4, -0.2) is 31.7 Å². The molecule has 8 nitrogen and oxygen atoms in total. The molecule has 26 heavy (non-hydrogen) atoms. The third-order valence-corrected chi connectivity index (χ3v) is 3.71. The molecule has 0 aromatic heterocycles. The molecule has 0 radical (unpaired) electrons. The maximum absolute atomic E-state index is 12.1. The number of carbonyl (C=O) groups is 1. The van der Waals surface area contributed by atoms with E-state index in [0.717, 1.165) is 11.3 Å². The number of ether oxygens (including phenoxy) is 3. The lowest BCUT2D eigenvalue weighted by atomic mass is 10.1. The van der Waals surface area contributed by atoms with Crippen LogP contribution in [0.5, 0.6) is 17.2 Å². The predicted octanol–water partition coefficient (Wildman–Crippen LogP) is 2.87. The Balaban J connectivity index is 1.92. The molecule has 0 bridgehead atoms. The molecule has 1 amide bonds. The molecule has 1 atom stereocenters. The first kappa shape index (κ1) is 19.0.